The molecule has 1 aromatic carbocycles. The quantitative estimate of drug-likeness (QED) is 0.579. The Morgan fingerprint density at radius 2 is 1.89 bits per heavy atom. The third-order valence-corrected chi connectivity index (χ3v) is 7.36. The first kappa shape index (κ1) is 24.6. The number of benzene rings is 1. The van der Waals surface area contributed by atoms with Gasteiger partial charge < -0.3 is 25.8 Å². The first-order valence-electron chi connectivity index (χ1n) is 11.9. The van der Waals surface area contributed by atoms with Crippen LogP contribution in [0.5, 0.6) is 0 Å². The van der Waals surface area contributed by atoms with Gasteiger partial charge in [0.15, 0.2) is 11.5 Å². The van der Waals surface area contributed by atoms with Crippen molar-refractivity contribution in [3.8, 4) is 0 Å². The minimum Gasteiger partial charge on any atom is -0.364 e. The van der Waals surface area contributed by atoms with Crippen LogP contribution >= 0.6 is 0 Å². The van der Waals surface area contributed by atoms with E-state index in [2.05, 4.69) is 58.1 Å². The van der Waals surface area contributed by atoms with Gasteiger partial charge in [0.2, 0.25) is 11.9 Å². The minimum absolute atomic E-state index is 0.0246. The second-order valence-corrected chi connectivity index (χ2v) is 9.78. The number of hydrogen-bond acceptors (Lipinski definition) is 8. The lowest BCUT2D eigenvalue weighted by Crippen LogP contribution is -2.38. The number of anilines is 3. The highest BCUT2D eigenvalue weighted by Gasteiger charge is 2.31. The number of primary amides is 1. The second-order valence-electron chi connectivity index (χ2n) is 9.78. The average Bonchev–Trinajstić information content (AvgIpc) is 3.35. The van der Waals surface area contributed by atoms with Crippen LogP contribution in [0.25, 0.3) is 0 Å². The zero-order valence-electron chi connectivity index (χ0n) is 20.7. The molecule has 10 heteroatoms. The van der Waals surface area contributed by atoms with E-state index in [-0.39, 0.29) is 28.9 Å². The number of piperidine rings is 1. The molecule has 1 aromatic heterocycles. The van der Waals surface area contributed by atoms with Gasteiger partial charge in [-0.2, -0.15) is 4.98 Å². The zero-order valence-corrected chi connectivity index (χ0v) is 20.7. The van der Waals surface area contributed by atoms with Crippen LogP contribution in [0.4, 0.5) is 17.5 Å². The molecule has 35 heavy (non-hydrogen) atoms. The maximum atomic E-state index is 12.0. The Morgan fingerprint density at radius 1 is 1.20 bits per heavy atom. The maximum absolute atomic E-state index is 12.0. The molecule has 2 saturated heterocycles. The van der Waals surface area contributed by atoms with Gasteiger partial charge in [-0.3, -0.25) is 9.59 Å². The summed E-state index contributed by atoms with van der Waals surface area (Å²) < 4.78 is 0. The highest BCUT2D eigenvalue weighted by atomic mass is 16.2. The summed E-state index contributed by atoms with van der Waals surface area (Å²) in [5.41, 5.74) is 7.75. The summed E-state index contributed by atoms with van der Waals surface area (Å²) in [6.45, 7) is 9.22. The lowest BCUT2D eigenvalue weighted by molar-refractivity contribution is -0.125. The zero-order chi connectivity index (χ0) is 25.2. The number of carbonyl (C=O) groups excluding carboxylic acids is 2. The number of rotatable bonds is 7. The van der Waals surface area contributed by atoms with E-state index in [1.54, 1.807) is 4.90 Å². The van der Waals surface area contributed by atoms with Crippen molar-refractivity contribution in [3.05, 3.63) is 48.2 Å². The standard InChI is InChI=1S/C25H34N8O2/c1-5-20(34)33-13-10-19(16-33)32(4)24-28-23(21(22(26)35)29-30-24)27-18-8-6-17(7-9-18)25(2)11-14-31(3)15-12-25/h5-9,19H,1,10-16H2,2-4H3,(H2,26,35)(H,27,28,30)/t19-/m1/s1. The molecule has 4 rings (SSSR count). The van der Waals surface area contributed by atoms with Crippen molar-refractivity contribution >= 4 is 29.3 Å². The fourth-order valence-electron chi connectivity index (χ4n) is 4.76. The van der Waals surface area contributed by atoms with E-state index in [4.69, 9.17) is 5.73 Å². The van der Waals surface area contributed by atoms with E-state index in [1.807, 2.05) is 24.1 Å². The van der Waals surface area contributed by atoms with Crippen LogP contribution in [-0.2, 0) is 10.2 Å². The Kier molecular flexibility index (Phi) is 7.02. The number of hydrogen-bond donors (Lipinski definition) is 2. The van der Waals surface area contributed by atoms with Gasteiger partial charge in [-0.25, -0.2) is 0 Å². The summed E-state index contributed by atoms with van der Waals surface area (Å²) >= 11 is 0. The number of likely N-dealkylation sites (N-methyl/N-ethyl adjacent to an activating group) is 1. The molecule has 2 aromatic rings. The van der Waals surface area contributed by atoms with Gasteiger partial charge in [0.1, 0.15) is 0 Å². The number of amides is 2. The Hall–Kier alpha value is -3.53. The molecular weight excluding hydrogens is 444 g/mol. The van der Waals surface area contributed by atoms with Gasteiger partial charge >= 0.3 is 0 Å². The fourth-order valence-corrected chi connectivity index (χ4v) is 4.76. The molecule has 2 amide bonds. The molecule has 3 heterocycles. The van der Waals surface area contributed by atoms with Crippen LogP contribution in [-0.4, -0.2) is 83.1 Å². The first-order valence-corrected chi connectivity index (χ1v) is 11.9. The molecule has 0 aliphatic carbocycles. The molecule has 3 N–H and O–H groups in total. The molecule has 2 aliphatic rings. The van der Waals surface area contributed by atoms with Crippen molar-refractivity contribution < 1.29 is 9.59 Å². The molecule has 1 atom stereocenters. The monoisotopic (exact) mass is 478 g/mol. The summed E-state index contributed by atoms with van der Waals surface area (Å²) in [6.07, 6.45) is 4.33. The molecule has 0 spiro atoms. The Morgan fingerprint density at radius 3 is 2.51 bits per heavy atom. The van der Waals surface area contributed by atoms with E-state index in [0.717, 1.165) is 38.0 Å². The normalized spacial score (nSPS) is 19.9. The Balaban J connectivity index is 1.52. The van der Waals surface area contributed by atoms with Crippen molar-refractivity contribution in [2.24, 2.45) is 5.73 Å². The third kappa shape index (κ3) is 5.27. The van der Waals surface area contributed by atoms with Gasteiger partial charge in [-0.1, -0.05) is 25.6 Å². The van der Waals surface area contributed by atoms with Crippen molar-refractivity contribution in [1.82, 2.24) is 25.0 Å². The van der Waals surface area contributed by atoms with Gasteiger partial charge in [0, 0.05) is 25.8 Å². The van der Waals surface area contributed by atoms with Gasteiger partial charge in [-0.15, -0.1) is 10.2 Å². The van der Waals surface area contributed by atoms with Crippen molar-refractivity contribution in [2.75, 3.05) is 50.5 Å². The number of nitrogens with zero attached hydrogens (tertiary/aromatic N) is 6. The summed E-state index contributed by atoms with van der Waals surface area (Å²) in [6, 6.07) is 8.27. The SMILES string of the molecule is C=CC(=O)N1CC[C@@H](N(C)c2nnc(C(N)=O)c(Nc3ccc(C4(C)CCN(C)CC4)cc3)n2)C1. The predicted octanol–water partition coefficient (Wildman–Crippen LogP) is 1.92. The largest absolute Gasteiger partial charge is 0.364 e. The topological polar surface area (TPSA) is 121 Å². The Labute approximate surface area is 206 Å². The summed E-state index contributed by atoms with van der Waals surface area (Å²) in [5, 5.41) is 11.4. The number of aromatic nitrogens is 3. The molecule has 0 saturated carbocycles. The lowest BCUT2D eigenvalue weighted by Gasteiger charge is -2.38. The molecular formula is C25H34N8O2. The molecule has 2 aliphatic heterocycles. The van der Waals surface area contributed by atoms with Crippen LogP contribution in [0.1, 0.15) is 42.2 Å². The number of likely N-dealkylation sites (tertiary alicyclic amines) is 2. The molecule has 0 bridgehead atoms. The van der Waals surface area contributed by atoms with Crippen LogP contribution < -0.4 is 16.0 Å². The fraction of sp³-hybridized carbons (Fsp3) is 0.480. The smallest absolute Gasteiger partial charge is 0.273 e. The van der Waals surface area contributed by atoms with Crippen LogP contribution in [0.15, 0.2) is 36.9 Å². The van der Waals surface area contributed by atoms with E-state index in [0.29, 0.717) is 19.0 Å². The molecule has 186 valence electrons. The van der Waals surface area contributed by atoms with Crippen molar-refractivity contribution in [2.45, 2.75) is 37.6 Å². The van der Waals surface area contributed by atoms with E-state index < -0.39 is 5.91 Å². The summed E-state index contributed by atoms with van der Waals surface area (Å²) in [4.78, 5) is 34.5. The third-order valence-electron chi connectivity index (χ3n) is 7.36. The van der Waals surface area contributed by atoms with Gasteiger partial charge in [0.05, 0.1) is 6.04 Å². The summed E-state index contributed by atoms with van der Waals surface area (Å²) in [5.74, 6) is -0.194. The molecule has 0 unspecified atom stereocenters. The minimum atomic E-state index is -0.708. The van der Waals surface area contributed by atoms with Crippen LogP contribution in [0.2, 0.25) is 0 Å². The predicted molar refractivity (Wildman–Crippen MR) is 136 cm³/mol. The van der Waals surface area contributed by atoms with Crippen LogP contribution in [0, 0.1) is 0 Å². The van der Waals surface area contributed by atoms with E-state index in [9.17, 15) is 9.59 Å². The maximum Gasteiger partial charge on any atom is 0.273 e. The molecule has 2 fully saturated rings. The molecule has 10 nitrogen and oxygen atoms in total. The van der Waals surface area contributed by atoms with Crippen LogP contribution in [0.3, 0.4) is 0 Å². The summed E-state index contributed by atoms with van der Waals surface area (Å²) in [7, 11) is 4.02. The van der Waals surface area contributed by atoms with Gasteiger partial charge in [-0.05, 0) is 68.6 Å². The highest BCUT2D eigenvalue weighted by Crippen LogP contribution is 2.35. The van der Waals surface area contributed by atoms with Crippen molar-refractivity contribution in [3.63, 3.8) is 0 Å². The van der Waals surface area contributed by atoms with Crippen molar-refractivity contribution in [1.29, 1.82) is 0 Å². The number of nitrogens with one attached hydrogen (secondary N) is 1. The highest BCUT2D eigenvalue weighted by molar-refractivity contribution is 5.96. The average molecular weight is 479 g/mol. The number of carbonyl (C=O) groups is 2. The first-order chi connectivity index (χ1) is 16.7. The van der Waals surface area contributed by atoms with E-state index >= 15 is 0 Å². The van der Waals surface area contributed by atoms with Gasteiger partial charge in [0.25, 0.3) is 5.91 Å². The lowest BCUT2D eigenvalue weighted by atomic mass is 9.74. The Bertz CT molecular complexity index is 1100. The molecule has 0 radical (unpaired) electrons. The van der Waals surface area contributed by atoms with E-state index in [1.165, 1.54) is 11.6 Å². The number of nitrogens with two attached hydrogens (primary N) is 1. The second kappa shape index (κ2) is 9.99.